The van der Waals surface area contributed by atoms with Crippen LogP contribution in [0.25, 0.3) is 0 Å². The van der Waals surface area contributed by atoms with Crippen LogP contribution in [0.4, 0.5) is 13.2 Å². The maximum absolute atomic E-state index is 13.6. The van der Waals surface area contributed by atoms with Gasteiger partial charge in [0.15, 0.2) is 5.67 Å². The smallest absolute Gasteiger partial charge is 0.339 e. The van der Waals surface area contributed by atoms with E-state index >= 15 is 0 Å². The van der Waals surface area contributed by atoms with Gasteiger partial charge in [-0.05, 0) is 32.4 Å². The lowest BCUT2D eigenvalue weighted by molar-refractivity contribution is -0.157. The predicted molar refractivity (Wildman–Crippen MR) is 71.9 cm³/mol. The third kappa shape index (κ3) is 4.71. The van der Waals surface area contributed by atoms with Crippen LogP contribution in [0.5, 0.6) is 0 Å². The first-order chi connectivity index (χ1) is 10.2. The molecule has 0 N–H and O–H groups in total. The van der Waals surface area contributed by atoms with Crippen molar-refractivity contribution >= 4 is 11.9 Å². The largest absolute Gasteiger partial charge is 0.462 e. The second kappa shape index (κ2) is 7.24. The van der Waals surface area contributed by atoms with E-state index in [0.29, 0.717) is 0 Å². The summed E-state index contributed by atoms with van der Waals surface area (Å²) in [5.74, 6) is -2.00. The summed E-state index contributed by atoms with van der Waals surface area (Å²) in [5.41, 5.74) is -2.19. The Morgan fingerprint density at radius 3 is 2.50 bits per heavy atom. The molecule has 122 valence electrons. The molecule has 0 spiro atoms. The number of rotatable bonds is 6. The molecular weight excluding hydrogens is 301 g/mol. The van der Waals surface area contributed by atoms with Crippen molar-refractivity contribution in [2.24, 2.45) is 0 Å². The highest BCUT2D eigenvalue weighted by Gasteiger charge is 2.35. The number of carbonyl (C=O) groups excluding carboxylic acids is 2. The van der Waals surface area contributed by atoms with E-state index in [1.54, 1.807) is 6.92 Å². The maximum atomic E-state index is 13.6. The summed E-state index contributed by atoms with van der Waals surface area (Å²) in [6, 6.07) is 1.28. The Hall–Kier alpha value is -2.12. The van der Waals surface area contributed by atoms with E-state index in [2.05, 4.69) is 4.98 Å². The van der Waals surface area contributed by atoms with Crippen molar-refractivity contribution in [1.29, 1.82) is 0 Å². The molecule has 0 aromatic carbocycles. The highest BCUT2D eigenvalue weighted by Crippen LogP contribution is 2.19. The Morgan fingerprint density at radius 1 is 1.36 bits per heavy atom. The summed E-state index contributed by atoms with van der Waals surface area (Å²) < 4.78 is 44.3. The highest BCUT2D eigenvalue weighted by atomic mass is 19.3. The number of aromatic nitrogens is 1. The fourth-order valence-electron chi connectivity index (χ4n) is 1.67. The van der Waals surface area contributed by atoms with Gasteiger partial charge in [0.1, 0.15) is 0 Å². The van der Waals surface area contributed by atoms with Crippen molar-refractivity contribution in [2.45, 2.75) is 39.5 Å². The Balaban J connectivity index is 2.98. The molecule has 1 heterocycles. The quantitative estimate of drug-likeness (QED) is 0.597. The van der Waals surface area contributed by atoms with Crippen molar-refractivity contribution in [3.8, 4) is 0 Å². The topological polar surface area (TPSA) is 59.5 Å². The van der Waals surface area contributed by atoms with Crippen molar-refractivity contribution in [2.75, 3.05) is 6.61 Å². The van der Waals surface area contributed by atoms with E-state index in [0.717, 1.165) is 13.8 Å². The normalized spacial score (nSPS) is 11.4. The van der Waals surface area contributed by atoms with Crippen LogP contribution in [-0.2, 0) is 16.1 Å². The maximum Gasteiger partial charge on any atom is 0.339 e. The minimum Gasteiger partial charge on any atom is -0.462 e. The molecule has 0 bridgehead atoms. The Labute approximate surface area is 126 Å². The minimum absolute atomic E-state index is 0.0699. The number of halogens is 3. The van der Waals surface area contributed by atoms with Crippen LogP contribution in [0.3, 0.4) is 0 Å². The zero-order valence-corrected chi connectivity index (χ0v) is 12.5. The third-order valence-corrected chi connectivity index (χ3v) is 2.66. The molecule has 1 rings (SSSR count). The van der Waals surface area contributed by atoms with Gasteiger partial charge in [-0.3, -0.25) is 14.7 Å². The lowest BCUT2D eigenvalue weighted by atomic mass is 10.1. The average Bonchev–Trinajstić information content (AvgIpc) is 2.43. The van der Waals surface area contributed by atoms with Crippen LogP contribution >= 0.6 is 0 Å². The molecule has 0 atom stereocenters. The summed E-state index contributed by atoms with van der Waals surface area (Å²) in [7, 11) is 0. The molecule has 0 fully saturated rings. The van der Waals surface area contributed by atoms with Gasteiger partial charge in [0.2, 0.25) is 0 Å². The van der Waals surface area contributed by atoms with E-state index in [1.165, 1.54) is 18.5 Å². The molecule has 0 radical (unpaired) electrons. The standard InChI is InChI=1S/C14H17F3N2O3/c1-4-22-11(20)10-5-9(6-18-7-10)8-19(13(15)16)12(21)14(2,3)17/h5-7,13H,4,8H2,1-3H3. The molecule has 0 aliphatic rings. The van der Waals surface area contributed by atoms with Gasteiger partial charge in [-0.15, -0.1) is 0 Å². The van der Waals surface area contributed by atoms with Gasteiger partial charge in [0, 0.05) is 12.4 Å². The summed E-state index contributed by atoms with van der Waals surface area (Å²) in [4.78, 5) is 27.1. The van der Waals surface area contributed by atoms with Gasteiger partial charge in [0.05, 0.1) is 18.7 Å². The lowest BCUT2D eigenvalue weighted by Gasteiger charge is -2.26. The van der Waals surface area contributed by atoms with Crippen molar-refractivity contribution in [1.82, 2.24) is 9.88 Å². The number of alkyl halides is 3. The number of nitrogens with zero attached hydrogens (tertiary/aromatic N) is 2. The molecule has 22 heavy (non-hydrogen) atoms. The van der Waals surface area contributed by atoms with Gasteiger partial charge in [0.25, 0.3) is 5.91 Å². The van der Waals surface area contributed by atoms with Crippen LogP contribution in [0, 0.1) is 0 Å². The van der Waals surface area contributed by atoms with Crippen LogP contribution < -0.4 is 0 Å². The molecule has 0 aliphatic carbocycles. The molecular formula is C14H17F3N2O3. The number of esters is 1. The van der Waals surface area contributed by atoms with Crippen LogP contribution in [0.1, 0.15) is 36.7 Å². The van der Waals surface area contributed by atoms with Crippen LogP contribution in [-0.4, -0.2) is 40.6 Å². The summed E-state index contributed by atoms with van der Waals surface area (Å²) >= 11 is 0. The van der Waals surface area contributed by atoms with E-state index in [9.17, 15) is 22.8 Å². The first-order valence-electron chi connectivity index (χ1n) is 6.56. The number of carbonyl (C=O) groups is 2. The van der Waals surface area contributed by atoms with Crippen molar-refractivity contribution < 1.29 is 27.5 Å². The molecule has 0 saturated heterocycles. The SMILES string of the molecule is CCOC(=O)c1cncc(CN(C(=O)C(C)(C)F)C(F)F)c1. The average molecular weight is 318 g/mol. The van der Waals surface area contributed by atoms with Crippen LogP contribution in [0.15, 0.2) is 18.5 Å². The molecule has 8 heteroatoms. The number of hydrogen-bond donors (Lipinski definition) is 0. The first kappa shape index (κ1) is 17.9. The fraction of sp³-hybridized carbons (Fsp3) is 0.500. The van der Waals surface area contributed by atoms with Gasteiger partial charge in [-0.1, -0.05) is 0 Å². The fourth-order valence-corrected chi connectivity index (χ4v) is 1.67. The molecule has 1 amide bonds. The zero-order chi connectivity index (χ0) is 16.9. The molecule has 0 unspecified atom stereocenters. The molecule has 0 aliphatic heterocycles. The van der Waals surface area contributed by atoms with Gasteiger partial charge < -0.3 is 4.74 Å². The monoisotopic (exact) mass is 318 g/mol. The Bertz CT molecular complexity index is 544. The number of hydrogen-bond acceptors (Lipinski definition) is 4. The lowest BCUT2D eigenvalue weighted by Crippen LogP contribution is -2.44. The summed E-state index contributed by atoms with van der Waals surface area (Å²) in [6.07, 6.45) is 2.44. The second-order valence-corrected chi connectivity index (χ2v) is 4.99. The molecule has 5 nitrogen and oxygen atoms in total. The molecule has 0 saturated carbocycles. The first-order valence-corrected chi connectivity index (χ1v) is 6.56. The van der Waals surface area contributed by atoms with E-state index < -0.39 is 30.6 Å². The van der Waals surface area contributed by atoms with E-state index in [1.807, 2.05) is 0 Å². The van der Waals surface area contributed by atoms with E-state index in [-0.39, 0.29) is 22.6 Å². The third-order valence-electron chi connectivity index (χ3n) is 2.66. The van der Waals surface area contributed by atoms with Crippen molar-refractivity contribution in [3.63, 3.8) is 0 Å². The number of pyridine rings is 1. The highest BCUT2D eigenvalue weighted by molar-refractivity contribution is 5.89. The minimum atomic E-state index is -3.17. The summed E-state index contributed by atoms with van der Waals surface area (Å²) in [6.45, 7) is -0.162. The number of amides is 1. The number of ether oxygens (including phenoxy) is 1. The van der Waals surface area contributed by atoms with Crippen LogP contribution in [0.2, 0.25) is 0 Å². The van der Waals surface area contributed by atoms with Gasteiger partial charge >= 0.3 is 12.5 Å². The van der Waals surface area contributed by atoms with Gasteiger partial charge in [-0.25, -0.2) is 9.18 Å². The van der Waals surface area contributed by atoms with E-state index in [4.69, 9.17) is 4.74 Å². The zero-order valence-electron chi connectivity index (χ0n) is 12.5. The summed E-state index contributed by atoms with van der Waals surface area (Å²) in [5, 5.41) is 0. The Morgan fingerprint density at radius 2 is 2.00 bits per heavy atom. The Kier molecular flexibility index (Phi) is 5.90. The molecule has 1 aromatic heterocycles. The van der Waals surface area contributed by atoms with Crippen molar-refractivity contribution in [3.05, 3.63) is 29.6 Å². The second-order valence-electron chi connectivity index (χ2n) is 4.99. The van der Waals surface area contributed by atoms with Gasteiger partial charge in [-0.2, -0.15) is 8.78 Å². The molecule has 1 aromatic rings. The predicted octanol–water partition coefficient (Wildman–Crippen LogP) is 2.56.